The second-order valence-corrected chi connectivity index (χ2v) is 6.18. The second-order valence-electron chi connectivity index (χ2n) is 6.18. The molecule has 0 unspecified atom stereocenters. The predicted octanol–water partition coefficient (Wildman–Crippen LogP) is 3.44. The maximum atomic E-state index is 12.2. The molecule has 1 heterocycles. The number of H-pyrrole nitrogens is 1. The standard InChI is InChI=1S/C20H21N3O2/c1-23(2)20(25)14-7-10-16(11-8-14)22-19(24)12-9-15-13-21-18-6-4-3-5-17(15)18/h3-8,10-11,13,21H,9,12H2,1-2H3,(H,22,24). The Labute approximate surface area is 146 Å². The van der Waals surface area contributed by atoms with Crippen LogP contribution in [0.1, 0.15) is 22.3 Å². The normalized spacial score (nSPS) is 10.6. The van der Waals surface area contributed by atoms with Gasteiger partial charge in [-0.25, -0.2) is 0 Å². The summed E-state index contributed by atoms with van der Waals surface area (Å²) in [5.41, 5.74) is 3.51. The van der Waals surface area contributed by atoms with Crippen LogP contribution in [0.5, 0.6) is 0 Å². The molecule has 3 rings (SSSR count). The minimum atomic E-state index is -0.0581. The molecule has 128 valence electrons. The Morgan fingerprint density at radius 2 is 1.76 bits per heavy atom. The van der Waals surface area contributed by atoms with Crippen molar-refractivity contribution in [1.82, 2.24) is 9.88 Å². The van der Waals surface area contributed by atoms with Gasteiger partial charge in [-0.05, 0) is 42.3 Å². The van der Waals surface area contributed by atoms with Crippen molar-refractivity contribution in [2.45, 2.75) is 12.8 Å². The minimum Gasteiger partial charge on any atom is -0.361 e. The number of hydrogen-bond donors (Lipinski definition) is 2. The number of anilines is 1. The Morgan fingerprint density at radius 1 is 1.04 bits per heavy atom. The van der Waals surface area contributed by atoms with Crippen molar-refractivity contribution in [3.63, 3.8) is 0 Å². The molecular weight excluding hydrogens is 314 g/mol. The fraction of sp³-hybridized carbons (Fsp3) is 0.200. The molecule has 25 heavy (non-hydrogen) atoms. The molecule has 5 nitrogen and oxygen atoms in total. The number of rotatable bonds is 5. The topological polar surface area (TPSA) is 65.2 Å². The van der Waals surface area contributed by atoms with Crippen LogP contribution in [-0.2, 0) is 11.2 Å². The molecule has 5 heteroatoms. The lowest BCUT2D eigenvalue weighted by Crippen LogP contribution is -2.21. The molecule has 3 aromatic rings. The van der Waals surface area contributed by atoms with Gasteiger partial charge in [-0.3, -0.25) is 9.59 Å². The number of aromatic amines is 1. The number of hydrogen-bond acceptors (Lipinski definition) is 2. The highest BCUT2D eigenvalue weighted by Gasteiger charge is 2.09. The van der Waals surface area contributed by atoms with Crippen LogP contribution in [0.4, 0.5) is 5.69 Å². The average Bonchev–Trinajstić information content (AvgIpc) is 3.03. The largest absolute Gasteiger partial charge is 0.361 e. The van der Waals surface area contributed by atoms with E-state index in [1.54, 1.807) is 38.4 Å². The first kappa shape index (κ1) is 16.8. The van der Waals surface area contributed by atoms with Crippen LogP contribution in [0, 0.1) is 0 Å². The van der Waals surface area contributed by atoms with Gasteiger partial charge >= 0.3 is 0 Å². The molecular formula is C20H21N3O2. The quantitative estimate of drug-likeness (QED) is 0.750. The minimum absolute atomic E-state index is 0.0445. The number of amides is 2. The number of fused-ring (bicyclic) bond motifs is 1. The van der Waals surface area contributed by atoms with E-state index in [1.807, 2.05) is 24.4 Å². The van der Waals surface area contributed by atoms with E-state index in [4.69, 9.17) is 0 Å². The summed E-state index contributed by atoms with van der Waals surface area (Å²) in [6.07, 6.45) is 3.03. The van der Waals surface area contributed by atoms with Gasteiger partial charge in [0.15, 0.2) is 0 Å². The zero-order chi connectivity index (χ0) is 17.8. The van der Waals surface area contributed by atoms with Crippen molar-refractivity contribution >= 4 is 28.4 Å². The lowest BCUT2D eigenvalue weighted by atomic mass is 10.1. The van der Waals surface area contributed by atoms with Gasteiger partial charge < -0.3 is 15.2 Å². The molecule has 0 bridgehead atoms. The van der Waals surface area contributed by atoms with Crippen LogP contribution in [0.2, 0.25) is 0 Å². The first-order chi connectivity index (χ1) is 12.0. The van der Waals surface area contributed by atoms with Gasteiger partial charge in [-0.15, -0.1) is 0 Å². The monoisotopic (exact) mass is 335 g/mol. The molecule has 0 aliphatic heterocycles. The third-order valence-electron chi connectivity index (χ3n) is 4.12. The molecule has 2 N–H and O–H groups in total. The predicted molar refractivity (Wildman–Crippen MR) is 99.7 cm³/mol. The molecule has 2 amide bonds. The van der Waals surface area contributed by atoms with E-state index in [1.165, 1.54) is 4.90 Å². The smallest absolute Gasteiger partial charge is 0.253 e. The molecule has 0 aliphatic rings. The lowest BCUT2D eigenvalue weighted by Gasteiger charge is -2.11. The molecule has 0 spiro atoms. The van der Waals surface area contributed by atoms with Gasteiger partial charge in [0.2, 0.25) is 5.91 Å². The Hall–Kier alpha value is -3.08. The van der Waals surface area contributed by atoms with Crippen LogP contribution >= 0.6 is 0 Å². The molecule has 0 saturated carbocycles. The molecule has 0 radical (unpaired) electrons. The Balaban J connectivity index is 1.58. The van der Waals surface area contributed by atoms with Crippen LogP contribution in [-0.4, -0.2) is 35.8 Å². The third-order valence-corrected chi connectivity index (χ3v) is 4.12. The SMILES string of the molecule is CN(C)C(=O)c1ccc(NC(=O)CCc2c[nH]c3ccccc23)cc1. The van der Waals surface area contributed by atoms with Crippen LogP contribution < -0.4 is 5.32 Å². The zero-order valence-corrected chi connectivity index (χ0v) is 14.4. The van der Waals surface area contributed by atoms with E-state index in [9.17, 15) is 9.59 Å². The van der Waals surface area contributed by atoms with Crippen molar-refractivity contribution in [3.05, 3.63) is 65.9 Å². The van der Waals surface area contributed by atoms with Gasteiger partial charge in [0.05, 0.1) is 0 Å². The molecule has 0 aliphatic carbocycles. The number of nitrogens with zero attached hydrogens (tertiary/aromatic N) is 1. The van der Waals surface area contributed by atoms with Gasteiger partial charge in [0.25, 0.3) is 5.91 Å². The Morgan fingerprint density at radius 3 is 2.48 bits per heavy atom. The summed E-state index contributed by atoms with van der Waals surface area (Å²) in [5, 5.41) is 4.03. The van der Waals surface area contributed by atoms with Crippen molar-refractivity contribution in [3.8, 4) is 0 Å². The van der Waals surface area contributed by atoms with Crippen LogP contribution in [0.3, 0.4) is 0 Å². The van der Waals surface area contributed by atoms with Gasteiger partial charge in [-0.2, -0.15) is 0 Å². The summed E-state index contributed by atoms with van der Waals surface area (Å²) < 4.78 is 0. The van der Waals surface area contributed by atoms with Crippen molar-refractivity contribution < 1.29 is 9.59 Å². The number of carbonyl (C=O) groups excluding carboxylic acids is 2. The average molecular weight is 335 g/mol. The zero-order valence-electron chi connectivity index (χ0n) is 14.4. The van der Waals surface area contributed by atoms with Gasteiger partial charge in [-0.1, -0.05) is 18.2 Å². The fourth-order valence-corrected chi connectivity index (χ4v) is 2.76. The highest BCUT2D eigenvalue weighted by atomic mass is 16.2. The molecule has 2 aromatic carbocycles. The lowest BCUT2D eigenvalue weighted by molar-refractivity contribution is -0.116. The number of nitrogens with one attached hydrogen (secondary N) is 2. The van der Waals surface area contributed by atoms with Gasteiger partial charge in [0.1, 0.15) is 0 Å². The van der Waals surface area contributed by atoms with Crippen LogP contribution in [0.25, 0.3) is 10.9 Å². The van der Waals surface area contributed by atoms with Crippen molar-refractivity contribution in [1.29, 1.82) is 0 Å². The van der Waals surface area contributed by atoms with Crippen LogP contribution in [0.15, 0.2) is 54.7 Å². The van der Waals surface area contributed by atoms with Crippen molar-refractivity contribution in [2.75, 3.05) is 19.4 Å². The Bertz CT molecular complexity index is 895. The number of aryl methyl sites for hydroxylation is 1. The summed E-state index contributed by atoms with van der Waals surface area (Å²) in [7, 11) is 3.42. The highest BCUT2D eigenvalue weighted by molar-refractivity contribution is 5.95. The van der Waals surface area contributed by atoms with Gasteiger partial charge in [0, 0.05) is 48.9 Å². The number of aromatic nitrogens is 1. The van der Waals surface area contributed by atoms with Crippen molar-refractivity contribution in [2.24, 2.45) is 0 Å². The first-order valence-electron chi connectivity index (χ1n) is 8.21. The number of benzene rings is 2. The molecule has 0 atom stereocenters. The van der Waals surface area contributed by atoms with E-state index >= 15 is 0 Å². The van der Waals surface area contributed by atoms with E-state index in [0.717, 1.165) is 16.5 Å². The van der Waals surface area contributed by atoms with E-state index < -0.39 is 0 Å². The number of carbonyl (C=O) groups is 2. The summed E-state index contributed by atoms with van der Waals surface area (Å²) in [4.78, 5) is 28.8. The fourth-order valence-electron chi connectivity index (χ4n) is 2.76. The molecule has 0 saturated heterocycles. The third kappa shape index (κ3) is 3.88. The molecule has 1 aromatic heterocycles. The summed E-state index contributed by atoms with van der Waals surface area (Å²) in [6.45, 7) is 0. The summed E-state index contributed by atoms with van der Waals surface area (Å²) >= 11 is 0. The Kier molecular flexibility index (Phi) is 4.84. The first-order valence-corrected chi connectivity index (χ1v) is 8.21. The number of para-hydroxylation sites is 1. The summed E-state index contributed by atoms with van der Waals surface area (Å²) in [6, 6.07) is 15.0. The maximum absolute atomic E-state index is 12.2. The van der Waals surface area contributed by atoms with E-state index in [-0.39, 0.29) is 11.8 Å². The summed E-state index contributed by atoms with van der Waals surface area (Å²) in [5.74, 6) is -0.103. The van der Waals surface area contributed by atoms with E-state index in [0.29, 0.717) is 24.1 Å². The molecule has 0 fully saturated rings. The second kappa shape index (κ2) is 7.21. The maximum Gasteiger partial charge on any atom is 0.253 e. The highest BCUT2D eigenvalue weighted by Crippen LogP contribution is 2.19. The van der Waals surface area contributed by atoms with E-state index in [2.05, 4.69) is 16.4 Å².